The van der Waals surface area contributed by atoms with Crippen molar-refractivity contribution in [1.29, 1.82) is 0 Å². The van der Waals surface area contributed by atoms with Crippen LogP contribution in [0, 0.1) is 11.7 Å². The summed E-state index contributed by atoms with van der Waals surface area (Å²) in [5, 5.41) is 2.73. The molecule has 2 aromatic carbocycles. The lowest BCUT2D eigenvalue weighted by molar-refractivity contribution is -0.135. The highest BCUT2D eigenvalue weighted by molar-refractivity contribution is 7.89. The number of benzene rings is 2. The van der Waals surface area contributed by atoms with Crippen LogP contribution in [0.5, 0.6) is 5.75 Å². The molecule has 0 saturated carbocycles. The van der Waals surface area contributed by atoms with Gasteiger partial charge in [0.25, 0.3) is 5.91 Å². The summed E-state index contributed by atoms with van der Waals surface area (Å²) in [6, 6.07) is 10.5. The molecule has 0 aliphatic carbocycles. The minimum Gasteiger partial charge on any atom is -0.497 e. The fourth-order valence-corrected chi connectivity index (χ4v) is 5.00. The second-order valence-corrected chi connectivity index (χ2v) is 10.0. The summed E-state index contributed by atoms with van der Waals surface area (Å²) >= 11 is 0. The fraction of sp³-hybridized carbons (Fsp3) is 0.391. The number of piperazine rings is 1. The van der Waals surface area contributed by atoms with Gasteiger partial charge in [-0.25, -0.2) is 12.8 Å². The molecule has 33 heavy (non-hydrogen) atoms. The maximum absolute atomic E-state index is 13.1. The number of hydrogen-bond acceptors (Lipinski definition) is 5. The monoisotopic (exact) mass is 477 g/mol. The number of carbonyl (C=O) groups excluding carboxylic acids is 2. The van der Waals surface area contributed by atoms with Gasteiger partial charge in [0.15, 0.2) is 0 Å². The van der Waals surface area contributed by atoms with E-state index in [0.717, 1.165) is 0 Å². The largest absolute Gasteiger partial charge is 0.497 e. The van der Waals surface area contributed by atoms with E-state index in [1.165, 1.54) is 47.8 Å². The van der Waals surface area contributed by atoms with Gasteiger partial charge in [-0.15, -0.1) is 0 Å². The molecule has 10 heteroatoms. The Kier molecular flexibility index (Phi) is 7.70. The summed E-state index contributed by atoms with van der Waals surface area (Å²) in [6.07, 6.45) is 0. The Morgan fingerprint density at radius 3 is 2.06 bits per heavy atom. The lowest BCUT2D eigenvalue weighted by Gasteiger charge is -2.36. The van der Waals surface area contributed by atoms with Crippen molar-refractivity contribution in [2.75, 3.05) is 33.3 Å². The van der Waals surface area contributed by atoms with Gasteiger partial charge >= 0.3 is 0 Å². The van der Waals surface area contributed by atoms with E-state index in [2.05, 4.69) is 5.32 Å². The van der Waals surface area contributed by atoms with E-state index < -0.39 is 27.8 Å². The predicted octanol–water partition coefficient (Wildman–Crippen LogP) is 2.12. The summed E-state index contributed by atoms with van der Waals surface area (Å²) in [5.41, 5.74) is 0.255. The van der Waals surface area contributed by atoms with Crippen LogP contribution in [-0.4, -0.2) is 68.8 Å². The van der Waals surface area contributed by atoms with E-state index in [1.807, 2.05) is 13.8 Å². The standard InChI is InChI=1S/C23H28FN3O5S/c1-16(2)21(25-22(28)17-4-6-18(24)7-5-17)23(29)26-12-14-27(15-13-26)33(30,31)20-10-8-19(32-3)9-11-20/h4-11,16,21H,12-15H2,1-3H3,(H,25,28). The van der Waals surface area contributed by atoms with Crippen LogP contribution in [0.15, 0.2) is 53.4 Å². The van der Waals surface area contributed by atoms with Gasteiger partial charge in [-0.05, 0) is 54.4 Å². The zero-order valence-corrected chi connectivity index (χ0v) is 19.6. The quantitative estimate of drug-likeness (QED) is 0.659. The third kappa shape index (κ3) is 5.69. The molecule has 0 spiro atoms. The number of carbonyl (C=O) groups is 2. The smallest absolute Gasteiger partial charge is 0.251 e. The molecule has 3 rings (SSSR count). The minimum absolute atomic E-state index is 0.150. The Bertz CT molecular complexity index is 1080. The van der Waals surface area contributed by atoms with Crippen molar-refractivity contribution in [3.8, 4) is 5.75 Å². The van der Waals surface area contributed by atoms with Gasteiger partial charge in [0.05, 0.1) is 12.0 Å². The fourth-order valence-electron chi connectivity index (χ4n) is 3.58. The van der Waals surface area contributed by atoms with Gasteiger partial charge in [-0.1, -0.05) is 13.8 Å². The van der Waals surface area contributed by atoms with Crippen molar-refractivity contribution in [2.45, 2.75) is 24.8 Å². The summed E-state index contributed by atoms with van der Waals surface area (Å²) in [5.74, 6) is -0.829. The molecule has 1 unspecified atom stereocenters. The van der Waals surface area contributed by atoms with Gasteiger partial charge in [-0.2, -0.15) is 4.31 Å². The molecular formula is C23H28FN3O5S. The number of rotatable bonds is 7. The highest BCUT2D eigenvalue weighted by Crippen LogP contribution is 2.21. The Morgan fingerprint density at radius 2 is 1.55 bits per heavy atom. The van der Waals surface area contributed by atoms with E-state index in [1.54, 1.807) is 17.0 Å². The molecule has 8 nitrogen and oxygen atoms in total. The van der Waals surface area contributed by atoms with Crippen molar-refractivity contribution in [3.63, 3.8) is 0 Å². The second-order valence-electron chi connectivity index (χ2n) is 8.11. The number of ether oxygens (including phenoxy) is 1. The minimum atomic E-state index is -3.69. The lowest BCUT2D eigenvalue weighted by atomic mass is 10.0. The maximum Gasteiger partial charge on any atom is 0.251 e. The normalized spacial score (nSPS) is 15.8. The summed E-state index contributed by atoms with van der Waals surface area (Å²) in [4.78, 5) is 27.4. The molecule has 0 bridgehead atoms. The van der Waals surface area contributed by atoms with E-state index >= 15 is 0 Å². The van der Waals surface area contributed by atoms with Gasteiger partial charge in [-0.3, -0.25) is 9.59 Å². The first-order valence-electron chi connectivity index (χ1n) is 10.6. The maximum atomic E-state index is 13.1. The molecule has 1 aliphatic rings. The van der Waals surface area contributed by atoms with Crippen molar-refractivity contribution in [3.05, 3.63) is 59.9 Å². The van der Waals surface area contributed by atoms with Crippen LogP contribution in [0.25, 0.3) is 0 Å². The highest BCUT2D eigenvalue weighted by atomic mass is 32.2. The lowest BCUT2D eigenvalue weighted by Crippen LogP contribution is -2.57. The molecule has 178 valence electrons. The molecule has 2 aromatic rings. The van der Waals surface area contributed by atoms with E-state index in [-0.39, 0.29) is 48.5 Å². The van der Waals surface area contributed by atoms with Crippen LogP contribution < -0.4 is 10.1 Å². The van der Waals surface area contributed by atoms with Crippen LogP contribution in [0.2, 0.25) is 0 Å². The van der Waals surface area contributed by atoms with E-state index in [4.69, 9.17) is 4.74 Å². The molecular weight excluding hydrogens is 449 g/mol. The van der Waals surface area contributed by atoms with Gasteiger partial charge in [0.2, 0.25) is 15.9 Å². The Morgan fingerprint density at radius 1 is 0.970 bits per heavy atom. The van der Waals surface area contributed by atoms with Gasteiger partial charge < -0.3 is 15.0 Å². The van der Waals surface area contributed by atoms with Crippen LogP contribution in [0.1, 0.15) is 24.2 Å². The van der Waals surface area contributed by atoms with Crippen molar-refractivity contribution >= 4 is 21.8 Å². The van der Waals surface area contributed by atoms with E-state index in [9.17, 15) is 22.4 Å². The summed E-state index contributed by atoms with van der Waals surface area (Å²) in [6.45, 7) is 4.36. The third-order valence-electron chi connectivity index (χ3n) is 5.57. The number of sulfonamides is 1. The third-order valence-corrected chi connectivity index (χ3v) is 7.49. The average molecular weight is 478 g/mol. The molecule has 1 atom stereocenters. The number of nitrogens with zero attached hydrogens (tertiary/aromatic N) is 2. The predicted molar refractivity (Wildman–Crippen MR) is 121 cm³/mol. The highest BCUT2D eigenvalue weighted by Gasteiger charge is 2.34. The second kappa shape index (κ2) is 10.3. The molecule has 2 amide bonds. The average Bonchev–Trinajstić information content (AvgIpc) is 2.82. The molecule has 1 N–H and O–H groups in total. The first-order valence-corrected chi connectivity index (χ1v) is 12.1. The van der Waals surface area contributed by atoms with Crippen LogP contribution in [0.3, 0.4) is 0 Å². The first-order chi connectivity index (χ1) is 15.6. The Hall–Kier alpha value is -2.98. The van der Waals surface area contributed by atoms with Gasteiger partial charge in [0, 0.05) is 31.7 Å². The van der Waals surface area contributed by atoms with Gasteiger partial charge in [0.1, 0.15) is 17.6 Å². The summed E-state index contributed by atoms with van der Waals surface area (Å²) in [7, 11) is -2.19. The van der Waals surface area contributed by atoms with Crippen molar-refractivity contribution in [1.82, 2.24) is 14.5 Å². The molecule has 0 radical (unpaired) electrons. The number of methoxy groups -OCH3 is 1. The van der Waals surface area contributed by atoms with E-state index in [0.29, 0.717) is 5.75 Å². The molecule has 0 aromatic heterocycles. The van der Waals surface area contributed by atoms with Crippen molar-refractivity contribution in [2.24, 2.45) is 5.92 Å². The topological polar surface area (TPSA) is 96.0 Å². The first kappa shape index (κ1) is 24.7. The Balaban J connectivity index is 1.64. The molecule has 1 saturated heterocycles. The van der Waals surface area contributed by atoms with Crippen LogP contribution in [-0.2, 0) is 14.8 Å². The van der Waals surface area contributed by atoms with Crippen LogP contribution in [0.4, 0.5) is 4.39 Å². The zero-order chi connectivity index (χ0) is 24.2. The SMILES string of the molecule is COc1ccc(S(=O)(=O)N2CCN(C(=O)C(NC(=O)c3ccc(F)cc3)C(C)C)CC2)cc1. The van der Waals surface area contributed by atoms with Crippen LogP contribution >= 0.6 is 0 Å². The van der Waals surface area contributed by atoms with Crippen molar-refractivity contribution < 1.29 is 27.1 Å². The zero-order valence-electron chi connectivity index (χ0n) is 18.8. The Labute approximate surface area is 193 Å². The molecule has 1 aliphatic heterocycles. The molecule has 1 fully saturated rings. The number of amides is 2. The number of hydrogen-bond donors (Lipinski definition) is 1. The number of nitrogens with one attached hydrogen (secondary N) is 1. The number of halogens is 1. The summed E-state index contributed by atoms with van der Waals surface area (Å²) < 4.78 is 45.4. The molecule has 1 heterocycles.